The summed E-state index contributed by atoms with van der Waals surface area (Å²) < 4.78 is 43.3. The minimum atomic E-state index is -4.38. The Morgan fingerprint density at radius 3 is 2.59 bits per heavy atom. The molecule has 0 aliphatic carbocycles. The molecule has 1 aliphatic rings. The number of nitrogens with zero attached hydrogens (tertiary/aromatic N) is 4. The van der Waals surface area contributed by atoms with Gasteiger partial charge in [-0.1, -0.05) is 12.1 Å². The highest BCUT2D eigenvalue weighted by atomic mass is 19.4. The third-order valence-electron chi connectivity index (χ3n) is 4.69. The second kappa shape index (κ2) is 7.28. The monoisotopic (exact) mass is 404 g/mol. The largest absolute Gasteiger partial charge is 0.433 e. The number of hydrogen-bond acceptors (Lipinski definition) is 6. The lowest BCUT2D eigenvalue weighted by molar-refractivity contribution is -0.402. The van der Waals surface area contributed by atoms with E-state index in [1.165, 1.54) is 18.2 Å². The number of aromatic nitrogens is 2. The van der Waals surface area contributed by atoms with Crippen molar-refractivity contribution in [1.29, 1.82) is 0 Å². The fourth-order valence-corrected chi connectivity index (χ4v) is 3.23. The number of hydrogen-bond donors (Lipinski definition) is 0. The van der Waals surface area contributed by atoms with Gasteiger partial charge in [0.2, 0.25) is 0 Å². The molecular formula is C19H15F3N4O3. The van der Waals surface area contributed by atoms with Crippen LogP contribution in [-0.2, 0) is 25.7 Å². The smallest absolute Gasteiger partial charge is 0.404 e. The van der Waals surface area contributed by atoms with E-state index in [1.54, 1.807) is 12.3 Å². The Morgan fingerprint density at radius 2 is 1.93 bits per heavy atom. The quantitative estimate of drug-likeness (QED) is 0.478. The van der Waals surface area contributed by atoms with Crippen LogP contribution in [0.4, 0.5) is 19.1 Å². The lowest BCUT2D eigenvalue weighted by Gasteiger charge is -2.27. The summed E-state index contributed by atoms with van der Waals surface area (Å²) in [4.78, 5) is 21.0. The van der Waals surface area contributed by atoms with E-state index >= 15 is 0 Å². The molecule has 0 atom stereocenters. The topological polar surface area (TPSA) is 85.3 Å². The van der Waals surface area contributed by atoms with Crippen LogP contribution in [0.1, 0.15) is 22.6 Å². The molecule has 29 heavy (non-hydrogen) atoms. The Morgan fingerprint density at radius 1 is 1.17 bits per heavy atom. The van der Waals surface area contributed by atoms with E-state index in [0.717, 1.165) is 23.4 Å². The molecule has 4 rings (SSSR count). The summed E-state index contributed by atoms with van der Waals surface area (Å²) in [6, 6.07) is 7.67. The summed E-state index contributed by atoms with van der Waals surface area (Å²) in [6.07, 6.45) is -2.08. The molecule has 0 saturated heterocycles. The molecule has 0 amide bonds. The highest BCUT2D eigenvalue weighted by Crippen LogP contribution is 2.30. The first-order valence-corrected chi connectivity index (χ1v) is 8.77. The van der Waals surface area contributed by atoms with E-state index in [1.807, 2.05) is 0 Å². The summed E-state index contributed by atoms with van der Waals surface area (Å²) in [5.74, 6) is 0.594. The maximum absolute atomic E-state index is 12.7. The average molecular weight is 404 g/mol. The van der Waals surface area contributed by atoms with Gasteiger partial charge in [-0.05, 0) is 18.2 Å². The van der Waals surface area contributed by atoms with Crippen molar-refractivity contribution in [2.24, 2.45) is 0 Å². The van der Waals surface area contributed by atoms with Crippen molar-refractivity contribution in [3.05, 3.63) is 75.3 Å². The third kappa shape index (κ3) is 4.11. The summed E-state index contributed by atoms with van der Waals surface area (Å²) in [6.45, 7) is 1.65. The van der Waals surface area contributed by atoms with Gasteiger partial charge in [-0.3, -0.25) is 15.0 Å². The summed E-state index contributed by atoms with van der Waals surface area (Å²) in [7, 11) is 0. The van der Waals surface area contributed by atoms with E-state index < -0.39 is 16.7 Å². The van der Waals surface area contributed by atoms with Gasteiger partial charge >= 0.3 is 12.1 Å². The predicted molar refractivity (Wildman–Crippen MR) is 95.7 cm³/mol. The molecule has 0 N–H and O–H groups in total. The van der Waals surface area contributed by atoms with Gasteiger partial charge in [0.25, 0.3) is 0 Å². The van der Waals surface area contributed by atoms with Gasteiger partial charge in [0.15, 0.2) is 5.82 Å². The molecule has 1 aromatic carbocycles. The number of halogens is 3. The molecule has 0 fully saturated rings. The fourth-order valence-electron chi connectivity index (χ4n) is 3.23. The van der Waals surface area contributed by atoms with Gasteiger partial charge < -0.3 is 4.42 Å². The van der Waals surface area contributed by atoms with Crippen molar-refractivity contribution in [3.63, 3.8) is 0 Å². The second-order valence-corrected chi connectivity index (χ2v) is 6.70. The van der Waals surface area contributed by atoms with Gasteiger partial charge in [0.05, 0.1) is 23.9 Å². The number of benzene rings is 1. The maximum atomic E-state index is 12.7. The molecule has 150 valence electrons. The summed E-state index contributed by atoms with van der Waals surface area (Å²) in [5, 5.41) is 10.7. The minimum absolute atomic E-state index is 0.290. The molecule has 1 aliphatic heterocycles. The van der Waals surface area contributed by atoms with E-state index in [4.69, 9.17) is 4.42 Å². The lowest BCUT2D eigenvalue weighted by atomic mass is 10.1. The van der Waals surface area contributed by atoms with Crippen LogP contribution in [0.15, 0.2) is 47.0 Å². The fraction of sp³-hybridized carbons (Fsp3) is 0.263. The number of fused-ring (bicyclic) bond motifs is 1. The van der Waals surface area contributed by atoms with E-state index in [2.05, 4.69) is 14.9 Å². The summed E-state index contributed by atoms with van der Waals surface area (Å²) >= 11 is 0. The average Bonchev–Trinajstić information content (AvgIpc) is 3.16. The Bertz CT molecular complexity index is 1050. The van der Waals surface area contributed by atoms with Crippen LogP contribution in [0.3, 0.4) is 0 Å². The molecule has 3 aromatic rings. The maximum Gasteiger partial charge on any atom is 0.433 e. The van der Waals surface area contributed by atoms with Crippen molar-refractivity contribution in [2.75, 3.05) is 6.54 Å². The van der Waals surface area contributed by atoms with E-state index in [-0.39, 0.29) is 5.88 Å². The Kier molecular flexibility index (Phi) is 4.79. The molecule has 0 bridgehead atoms. The summed E-state index contributed by atoms with van der Waals surface area (Å²) in [5.41, 5.74) is 1.56. The first-order chi connectivity index (χ1) is 13.8. The van der Waals surface area contributed by atoms with Crippen molar-refractivity contribution in [1.82, 2.24) is 14.9 Å². The SMILES string of the molecule is O=[N+]([O-])c1ccc(CN2CCc3nc(-c4ccc(C(F)(F)F)cc4)ncc3C2)o1. The molecule has 7 nitrogen and oxygen atoms in total. The van der Waals surface area contributed by atoms with Crippen LogP contribution in [0, 0.1) is 10.1 Å². The van der Waals surface area contributed by atoms with Crippen LogP contribution >= 0.6 is 0 Å². The first-order valence-electron chi connectivity index (χ1n) is 8.77. The Hall–Kier alpha value is -3.27. The zero-order valence-corrected chi connectivity index (χ0v) is 15.0. The second-order valence-electron chi connectivity index (χ2n) is 6.70. The standard InChI is InChI=1S/C19H15F3N4O3/c20-19(21,22)14-3-1-12(2-4-14)18-23-9-13-10-25(8-7-16(13)24-18)11-15-5-6-17(29-15)26(27)28/h1-6,9H,7-8,10-11H2. The van der Waals surface area contributed by atoms with Gasteiger partial charge in [0.1, 0.15) is 10.7 Å². The van der Waals surface area contributed by atoms with E-state index in [9.17, 15) is 23.3 Å². The van der Waals surface area contributed by atoms with Gasteiger partial charge in [0, 0.05) is 36.8 Å². The van der Waals surface area contributed by atoms with E-state index in [0.29, 0.717) is 43.2 Å². The normalized spacial score (nSPS) is 14.6. The molecule has 3 heterocycles. The third-order valence-corrected chi connectivity index (χ3v) is 4.69. The van der Waals surface area contributed by atoms with Crippen LogP contribution in [-0.4, -0.2) is 26.3 Å². The van der Waals surface area contributed by atoms with Gasteiger partial charge in [-0.25, -0.2) is 9.97 Å². The molecule has 2 aromatic heterocycles. The van der Waals surface area contributed by atoms with Crippen molar-refractivity contribution < 1.29 is 22.5 Å². The van der Waals surface area contributed by atoms with Gasteiger partial charge in [-0.2, -0.15) is 13.2 Å². The molecular weight excluding hydrogens is 389 g/mol. The zero-order valence-electron chi connectivity index (χ0n) is 15.0. The Balaban J connectivity index is 1.47. The van der Waals surface area contributed by atoms with Crippen LogP contribution in [0.25, 0.3) is 11.4 Å². The van der Waals surface area contributed by atoms with Crippen molar-refractivity contribution in [3.8, 4) is 11.4 Å². The van der Waals surface area contributed by atoms with Crippen LogP contribution in [0.2, 0.25) is 0 Å². The first kappa shape index (κ1) is 19.1. The van der Waals surface area contributed by atoms with Gasteiger partial charge in [-0.15, -0.1) is 0 Å². The number of alkyl halides is 3. The van der Waals surface area contributed by atoms with Crippen LogP contribution in [0.5, 0.6) is 0 Å². The van der Waals surface area contributed by atoms with Crippen LogP contribution < -0.4 is 0 Å². The lowest BCUT2D eigenvalue weighted by Crippen LogP contribution is -2.30. The minimum Gasteiger partial charge on any atom is -0.404 e. The predicted octanol–water partition coefficient (Wildman–Crippen LogP) is 4.22. The van der Waals surface area contributed by atoms with Crippen molar-refractivity contribution in [2.45, 2.75) is 25.7 Å². The number of nitro groups is 1. The molecule has 0 radical (unpaired) electrons. The highest BCUT2D eigenvalue weighted by molar-refractivity contribution is 5.56. The highest BCUT2D eigenvalue weighted by Gasteiger charge is 2.30. The van der Waals surface area contributed by atoms with Crippen molar-refractivity contribution >= 4 is 5.88 Å². The molecule has 0 saturated carbocycles. The number of rotatable bonds is 4. The molecule has 0 unspecified atom stereocenters. The zero-order chi connectivity index (χ0) is 20.6. The molecule has 10 heteroatoms. The number of furan rings is 1. The molecule has 0 spiro atoms. The Labute approximate surface area is 163 Å².